The van der Waals surface area contributed by atoms with Gasteiger partial charge in [0, 0.05) is 23.4 Å². The molecule has 0 fully saturated rings. The van der Waals surface area contributed by atoms with Gasteiger partial charge in [0.1, 0.15) is 5.69 Å². The third-order valence-electron chi connectivity index (χ3n) is 3.45. The van der Waals surface area contributed by atoms with Gasteiger partial charge in [-0.2, -0.15) is 0 Å². The van der Waals surface area contributed by atoms with E-state index in [0.29, 0.717) is 5.69 Å². The highest BCUT2D eigenvalue weighted by atomic mass is 16.6. The van der Waals surface area contributed by atoms with Crippen molar-refractivity contribution in [1.82, 2.24) is 10.3 Å². The van der Waals surface area contributed by atoms with Gasteiger partial charge < -0.3 is 10.6 Å². The van der Waals surface area contributed by atoms with E-state index in [1.807, 2.05) is 39.8 Å². The zero-order valence-electron chi connectivity index (χ0n) is 14.7. The van der Waals surface area contributed by atoms with Gasteiger partial charge >= 0.3 is 0 Å². The van der Waals surface area contributed by atoms with E-state index >= 15 is 0 Å². The first-order valence-electron chi connectivity index (χ1n) is 7.96. The van der Waals surface area contributed by atoms with Gasteiger partial charge in [-0.25, -0.2) is 0 Å². The van der Waals surface area contributed by atoms with Crippen molar-refractivity contribution < 1.29 is 9.72 Å². The number of carbonyl (C=O) groups excluding carboxylic acids is 1. The van der Waals surface area contributed by atoms with E-state index in [1.165, 1.54) is 6.07 Å². The van der Waals surface area contributed by atoms with Crippen LogP contribution in [0.25, 0.3) is 0 Å². The van der Waals surface area contributed by atoms with Gasteiger partial charge in [-0.15, -0.1) is 0 Å². The van der Waals surface area contributed by atoms with Crippen molar-refractivity contribution in [3.05, 3.63) is 64.0 Å². The lowest BCUT2D eigenvalue weighted by Crippen LogP contribution is -2.40. The molecule has 0 aliphatic carbocycles. The average Bonchev–Trinajstić information content (AvgIpc) is 2.54. The molecule has 132 valence electrons. The molecule has 0 aliphatic heterocycles. The minimum Gasteiger partial charge on any atom is -0.371 e. The summed E-state index contributed by atoms with van der Waals surface area (Å²) in [5.74, 6) is -0.347. The number of amides is 1. The second kappa shape index (κ2) is 7.29. The Morgan fingerprint density at radius 3 is 2.52 bits per heavy atom. The van der Waals surface area contributed by atoms with Crippen LogP contribution in [-0.2, 0) is 0 Å². The van der Waals surface area contributed by atoms with E-state index in [0.717, 1.165) is 5.69 Å². The number of benzene rings is 1. The van der Waals surface area contributed by atoms with E-state index in [2.05, 4.69) is 15.6 Å². The number of nitrogens with zero attached hydrogens (tertiary/aromatic N) is 2. The van der Waals surface area contributed by atoms with Crippen LogP contribution in [0.1, 0.15) is 49.8 Å². The van der Waals surface area contributed by atoms with Gasteiger partial charge in [-0.3, -0.25) is 19.9 Å². The lowest BCUT2D eigenvalue weighted by molar-refractivity contribution is -0.384. The number of nitrogens with one attached hydrogen (secondary N) is 2. The van der Waals surface area contributed by atoms with Crippen LogP contribution >= 0.6 is 0 Å². The van der Waals surface area contributed by atoms with Crippen molar-refractivity contribution in [3.8, 4) is 0 Å². The predicted octanol–water partition coefficient (Wildman–Crippen LogP) is 3.69. The first-order valence-corrected chi connectivity index (χ1v) is 7.96. The highest BCUT2D eigenvalue weighted by Crippen LogP contribution is 2.29. The molecular weight excluding hydrogens is 320 g/mol. The average molecular weight is 342 g/mol. The van der Waals surface area contributed by atoms with E-state index in [-0.39, 0.29) is 23.2 Å². The van der Waals surface area contributed by atoms with Crippen LogP contribution in [0.2, 0.25) is 0 Å². The molecular formula is C18H22N4O3. The molecule has 0 saturated heterocycles. The Hall–Kier alpha value is -2.96. The molecule has 0 radical (unpaired) electrons. The zero-order valence-corrected chi connectivity index (χ0v) is 14.7. The van der Waals surface area contributed by atoms with Crippen molar-refractivity contribution in [2.45, 2.75) is 39.3 Å². The number of pyridine rings is 1. The number of carbonyl (C=O) groups is 1. The van der Waals surface area contributed by atoms with Crippen molar-refractivity contribution in [2.24, 2.45) is 0 Å². The summed E-state index contributed by atoms with van der Waals surface area (Å²) in [6.45, 7) is 7.42. The molecule has 0 unspecified atom stereocenters. The highest BCUT2D eigenvalue weighted by Gasteiger charge is 2.21. The van der Waals surface area contributed by atoms with Crippen LogP contribution in [0.5, 0.6) is 0 Å². The molecule has 2 N–H and O–H groups in total. The first kappa shape index (κ1) is 18.4. The summed E-state index contributed by atoms with van der Waals surface area (Å²) in [7, 11) is 0. The van der Waals surface area contributed by atoms with Gasteiger partial charge in [-0.1, -0.05) is 6.07 Å². The Kier molecular flexibility index (Phi) is 5.36. The maximum Gasteiger partial charge on any atom is 0.293 e. The summed E-state index contributed by atoms with van der Waals surface area (Å²) >= 11 is 0. The van der Waals surface area contributed by atoms with Crippen LogP contribution < -0.4 is 10.6 Å². The molecule has 1 amide bonds. The quantitative estimate of drug-likeness (QED) is 0.638. The largest absolute Gasteiger partial charge is 0.371 e. The normalized spacial score (nSPS) is 12.3. The number of anilines is 1. The minimum absolute atomic E-state index is 0.149. The number of aromatic nitrogens is 1. The molecule has 1 atom stereocenters. The number of hydrogen-bond acceptors (Lipinski definition) is 5. The Morgan fingerprint density at radius 1 is 1.24 bits per heavy atom. The smallest absolute Gasteiger partial charge is 0.293 e. The summed E-state index contributed by atoms with van der Waals surface area (Å²) in [5, 5.41) is 17.3. The van der Waals surface area contributed by atoms with Crippen LogP contribution in [0, 0.1) is 10.1 Å². The van der Waals surface area contributed by atoms with E-state index in [4.69, 9.17) is 0 Å². The molecule has 2 rings (SSSR count). The lowest BCUT2D eigenvalue weighted by atomic mass is 10.1. The summed E-state index contributed by atoms with van der Waals surface area (Å²) in [5.41, 5.74) is 0.792. The van der Waals surface area contributed by atoms with Crippen molar-refractivity contribution in [1.29, 1.82) is 0 Å². The highest BCUT2D eigenvalue weighted by molar-refractivity contribution is 5.96. The molecule has 7 heteroatoms. The molecule has 2 aromatic rings. The van der Waals surface area contributed by atoms with E-state index < -0.39 is 10.5 Å². The molecule has 0 aliphatic rings. The lowest BCUT2D eigenvalue weighted by Gasteiger charge is -2.20. The monoisotopic (exact) mass is 342 g/mol. The third-order valence-corrected chi connectivity index (χ3v) is 3.45. The molecule has 0 bridgehead atoms. The third kappa shape index (κ3) is 5.00. The summed E-state index contributed by atoms with van der Waals surface area (Å²) in [4.78, 5) is 27.4. The second-order valence-corrected chi connectivity index (χ2v) is 6.81. The molecule has 25 heavy (non-hydrogen) atoms. The van der Waals surface area contributed by atoms with Gasteiger partial charge in [-0.05, 0) is 52.0 Å². The number of nitro benzene ring substituents is 1. The minimum atomic E-state index is -0.499. The SMILES string of the molecule is C[C@@H](Nc1ccc(C(=O)NC(C)(C)C)cc1[N+](=O)[O-])c1ccccn1. The number of rotatable bonds is 5. The molecule has 1 aromatic carbocycles. The maximum absolute atomic E-state index is 12.2. The van der Waals surface area contributed by atoms with Gasteiger partial charge in [0.15, 0.2) is 0 Å². The predicted molar refractivity (Wildman–Crippen MR) is 96.6 cm³/mol. The Balaban J connectivity index is 2.27. The van der Waals surface area contributed by atoms with Crippen LogP contribution in [0.4, 0.5) is 11.4 Å². The van der Waals surface area contributed by atoms with Crippen molar-refractivity contribution >= 4 is 17.3 Å². The van der Waals surface area contributed by atoms with Crippen LogP contribution in [0.3, 0.4) is 0 Å². The topological polar surface area (TPSA) is 97.2 Å². The fraction of sp³-hybridized carbons (Fsp3) is 0.333. The van der Waals surface area contributed by atoms with Gasteiger partial charge in [0.05, 0.1) is 16.7 Å². The van der Waals surface area contributed by atoms with Gasteiger partial charge in [0.2, 0.25) is 0 Å². The van der Waals surface area contributed by atoms with Crippen molar-refractivity contribution in [2.75, 3.05) is 5.32 Å². The fourth-order valence-corrected chi connectivity index (χ4v) is 2.30. The first-order chi connectivity index (χ1) is 11.7. The molecule has 1 aromatic heterocycles. The molecule has 0 saturated carbocycles. The fourth-order valence-electron chi connectivity index (χ4n) is 2.30. The van der Waals surface area contributed by atoms with E-state index in [1.54, 1.807) is 24.4 Å². The van der Waals surface area contributed by atoms with E-state index in [9.17, 15) is 14.9 Å². The molecule has 0 spiro atoms. The zero-order chi connectivity index (χ0) is 18.6. The van der Waals surface area contributed by atoms with Crippen molar-refractivity contribution in [3.63, 3.8) is 0 Å². The summed E-state index contributed by atoms with van der Waals surface area (Å²) in [6, 6.07) is 9.70. The van der Waals surface area contributed by atoms with Crippen LogP contribution in [-0.4, -0.2) is 21.4 Å². The van der Waals surface area contributed by atoms with Gasteiger partial charge in [0.25, 0.3) is 11.6 Å². The second-order valence-electron chi connectivity index (χ2n) is 6.81. The standard InChI is InChI=1S/C18H22N4O3/c1-12(14-7-5-6-10-19-14)20-15-9-8-13(11-16(15)22(24)25)17(23)21-18(2,3)4/h5-12,20H,1-4H3,(H,21,23)/t12-/m1/s1. The summed E-state index contributed by atoms with van der Waals surface area (Å²) < 4.78 is 0. The molecule has 7 nitrogen and oxygen atoms in total. The number of hydrogen-bond donors (Lipinski definition) is 2. The summed E-state index contributed by atoms with van der Waals surface area (Å²) in [6.07, 6.45) is 1.67. The molecule has 1 heterocycles. The van der Waals surface area contributed by atoms with Crippen LogP contribution in [0.15, 0.2) is 42.6 Å². The number of nitro groups is 1. The Bertz CT molecular complexity index is 770. The Labute approximate surface area is 146 Å². The maximum atomic E-state index is 12.2. The Morgan fingerprint density at radius 2 is 1.96 bits per heavy atom.